The summed E-state index contributed by atoms with van der Waals surface area (Å²) in [5.74, 6) is 0.469. The summed E-state index contributed by atoms with van der Waals surface area (Å²) in [6.07, 6.45) is 3.66. The Balaban J connectivity index is 1.92. The first-order valence-corrected chi connectivity index (χ1v) is 7.35. The summed E-state index contributed by atoms with van der Waals surface area (Å²) in [5, 5.41) is 10.0. The smallest absolute Gasteiger partial charge is 0.119 e. The third-order valence-corrected chi connectivity index (χ3v) is 4.51. The lowest BCUT2D eigenvalue weighted by atomic mass is 9.85. The molecule has 0 saturated carbocycles. The molecule has 1 aromatic rings. The van der Waals surface area contributed by atoms with Gasteiger partial charge in [-0.2, -0.15) is 0 Å². The maximum Gasteiger partial charge on any atom is 0.119 e. The Morgan fingerprint density at radius 2 is 2.16 bits per heavy atom. The molecule has 3 rings (SSSR count). The molecule has 0 bridgehead atoms. The monoisotopic (exact) mass is 261 g/mol. The average Bonchev–Trinajstić information content (AvgIpc) is 2.42. The second kappa shape index (κ2) is 5.14. The van der Waals surface area contributed by atoms with Gasteiger partial charge in [-0.05, 0) is 50.3 Å². The van der Waals surface area contributed by atoms with Crippen molar-refractivity contribution in [1.82, 2.24) is 4.90 Å². The van der Waals surface area contributed by atoms with E-state index in [-0.39, 0.29) is 0 Å². The quantitative estimate of drug-likeness (QED) is 0.843. The topological polar surface area (TPSA) is 32.7 Å². The molecule has 3 unspecified atom stereocenters. The van der Waals surface area contributed by atoms with Crippen molar-refractivity contribution in [2.75, 3.05) is 13.2 Å². The molecule has 3 atom stereocenters. The average molecular weight is 261 g/mol. The second-order valence-corrected chi connectivity index (χ2v) is 5.94. The van der Waals surface area contributed by atoms with Crippen LogP contribution in [0.25, 0.3) is 0 Å². The Labute approximate surface area is 115 Å². The van der Waals surface area contributed by atoms with Crippen LogP contribution in [0.2, 0.25) is 0 Å². The van der Waals surface area contributed by atoms with Gasteiger partial charge in [0.05, 0.1) is 12.7 Å². The van der Waals surface area contributed by atoms with E-state index >= 15 is 0 Å². The molecule has 1 aliphatic carbocycles. The van der Waals surface area contributed by atoms with Gasteiger partial charge in [0.25, 0.3) is 0 Å². The number of phenolic OH excluding ortho intramolecular Hbond substituents is 1. The Morgan fingerprint density at radius 1 is 1.32 bits per heavy atom. The zero-order chi connectivity index (χ0) is 13.4. The first-order chi connectivity index (χ1) is 9.16. The molecule has 19 heavy (non-hydrogen) atoms. The summed E-state index contributed by atoms with van der Waals surface area (Å²) in [6.45, 7) is 6.18. The Bertz CT molecular complexity index is 460. The predicted octanol–water partition coefficient (Wildman–Crippen LogP) is 2.88. The first kappa shape index (κ1) is 12.9. The third-order valence-electron chi connectivity index (χ3n) is 4.51. The van der Waals surface area contributed by atoms with Gasteiger partial charge in [0.1, 0.15) is 5.75 Å². The molecule has 1 heterocycles. The van der Waals surface area contributed by atoms with E-state index in [4.69, 9.17) is 4.74 Å². The van der Waals surface area contributed by atoms with E-state index in [9.17, 15) is 5.11 Å². The van der Waals surface area contributed by atoms with Crippen molar-refractivity contribution < 1.29 is 9.84 Å². The third kappa shape index (κ3) is 2.37. The van der Waals surface area contributed by atoms with E-state index in [0.29, 0.717) is 23.9 Å². The molecule has 0 radical (unpaired) electrons. The number of rotatable bonds is 1. The maximum atomic E-state index is 10.0. The van der Waals surface area contributed by atoms with Crippen LogP contribution in [-0.4, -0.2) is 35.3 Å². The van der Waals surface area contributed by atoms with Crippen molar-refractivity contribution in [3.8, 4) is 5.75 Å². The molecular weight excluding hydrogens is 238 g/mol. The highest BCUT2D eigenvalue weighted by Crippen LogP contribution is 2.39. The number of morpholine rings is 1. The number of fused-ring (bicyclic) bond motifs is 1. The Kier molecular flexibility index (Phi) is 3.50. The van der Waals surface area contributed by atoms with E-state index in [1.54, 1.807) is 0 Å². The summed E-state index contributed by atoms with van der Waals surface area (Å²) >= 11 is 0. The number of hydrogen-bond donors (Lipinski definition) is 1. The van der Waals surface area contributed by atoms with Gasteiger partial charge in [-0.1, -0.05) is 12.1 Å². The van der Waals surface area contributed by atoms with E-state index in [0.717, 1.165) is 31.6 Å². The van der Waals surface area contributed by atoms with Gasteiger partial charge in [0, 0.05) is 18.6 Å². The highest BCUT2D eigenvalue weighted by Gasteiger charge is 2.33. The SMILES string of the molecule is CC1CN(C2CCCc3c(O)cccc32)C(C)CO1. The normalized spacial score (nSPS) is 32.0. The fraction of sp³-hybridized carbons (Fsp3) is 0.625. The van der Waals surface area contributed by atoms with Gasteiger partial charge in [0.2, 0.25) is 0 Å². The fourth-order valence-corrected chi connectivity index (χ4v) is 3.51. The molecule has 3 heteroatoms. The molecule has 2 aliphatic rings. The molecule has 1 N–H and O–H groups in total. The van der Waals surface area contributed by atoms with Crippen molar-refractivity contribution in [2.24, 2.45) is 0 Å². The number of phenols is 1. The molecule has 0 amide bonds. The van der Waals surface area contributed by atoms with Crippen molar-refractivity contribution >= 4 is 0 Å². The van der Waals surface area contributed by atoms with Crippen LogP contribution >= 0.6 is 0 Å². The number of aromatic hydroxyl groups is 1. The predicted molar refractivity (Wildman–Crippen MR) is 75.4 cm³/mol. The van der Waals surface area contributed by atoms with Crippen LogP contribution in [-0.2, 0) is 11.2 Å². The van der Waals surface area contributed by atoms with Crippen LogP contribution in [0.5, 0.6) is 5.75 Å². The summed E-state index contributed by atoms with van der Waals surface area (Å²) in [7, 11) is 0. The first-order valence-electron chi connectivity index (χ1n) is 7.35. The van der Waals surface area contributed by atoms with Crippen LogP contribution in [0, 0.1) is 0 Å². The largest absolute Gasteiger partial charge is 0.508 e. The molecule has 0 spiro atoms. The van der Waals surface area contributed by atoms with Gasteiger partial charge >= 0.3 is 0 Å². The molecule has 1 aromatic carbocycles. The lowest BCUT2D eigenvalue weighted by Gasteiger charge is -2.44. The van der Waals surface area contributed by atoms with E-state index in [2.05, 4.69) is 24.8 Å². The summed E-state index contributed by atoms with van der Waals surface area (Å²) in [5.41, 5.74) is 2.48. The molecule has 1 fully saturated rings. The van der Waals surface area contributed by atoms with Crippen molar-refractivity contribution in [3.05, 3.63) is 29.3 Å². The molecule has 104 valence electrons. The van der Waals surface area contributed by atoms with E-state index in [1.807, 2.05) is 12.1 Å². The van der Waals surface area contributed by atoms with Gasteiger partial charge in [-0.3, -0.25) is 4.90 Å². The van der Waals surface area contributed by atoms with Crippen LogP contribution < -0.4 is 0 Å². The van der Waals surface area contributed by atoms with Gasteiger partial charge in [-0.15, -0.1) is 0 Å². The molecule has 1 saturated heterocycles. The lowest BCUT2D eigenvalue weighted by Crippen LogP contribution is -2.49. The minimum Gasteiger partial charge on any atom is -0.508 e. The Hall–Kier alpha value is -1.06. The van der Waals surface area contributed by atoms with Crippen molar-refractivity contribution in [1.29, 1.82) is 0 Å². The minimum atomic E-state index is 0.305. The van der Waals surface area contributed by atoms with Gasteiger partial charge in [0.15, 0.2) is 0 Å². The van der Waals surface area contributed by atoms with E-state index < -0.39 is 0 Å². The molecule has 0 aromatic heterocycles. The number of benzene rings is 1. The second-order valence-electron chi connectivity index (χ2n) is 5.94. The number of ether oxygens (including phenoxy) is 1. The molecule has 3 nitrogen and oxygen atoms in total. The van der Waals surface area contributed by atoms with Crippen LogP contribution in [0.15, 0.2) is 18.2 Å². The zero-order valence-electron chi connectivity index (χ0n) is 11.8. The van der Waals surface area contributed by atoms with Crippen LogP contribution in [0.1, 0.15) is 43.9 Å². The van der Waals surface area contributed by atoms with Crippen LogP contribution in [0.4, 0.5) is 0 Å². The van der Waals surface area contributed by atoms with E-state index in [1.165, 1.54) is 12.0 Å². The number of hydrogen-bond acceptors (Lipinski definition) is 3. The van der Waals surface area contributed by atoms with Crippen molar-refractivity contribution in [2.45, 2.75) is 51.3 Å². The fourth-order valence-electron chi connectivity index (χ4n) is 3.51. The Morgan fingerprint density at radius 3 is 3.00 bits per heavy atom. The highest BCUT2D eigenvalue weighted by atomic mass is 16.5. The maximum absolute atomic E-state index is 10.0. The van der Waals surface area contributed by atoms with Gasteiger partial charge < -0.3 is 9.84 Å². The summed E-state index contributed by atoms with van der Waals surface area (Å²) in [4.78, 5) is 2.56. The number of nitrogens with zero attached hydrogens (tertiary/aromatic N) is 1. The standard InChI is InChI=1S/C16H23NO2/c1-11-10-19-12(2)9-17(11)15-7-3-6-14-13(15)5-4-8-16(14)18/h4-5,8,11-12,15,18H,3,6-7,9-10H2,1-2H3. The minimum absolute atomic E-state index is 0.305. The zero-order valence-corrected chi connectivity index (χ0v) is 11.8. The lowest BCUT2D eigenvalue weighted by molar-refractivity contribution is -0.0692. The van der Waals surface area contributed by atoms with Gasteiger partial charge in [-0.25, -0.2) is 0 Å². The van der Waals surface area contributed by atoms with Crippen LogP contribution in [0.3, 0.4) is 0 Å². The van der Waals surface area contributed by atoms with Crippen molar-refractivity contribution in [3.63, 3.8) is 0 Å². The summed E-state index contributed by atoms with van der Waals surface area (Å²) < 4.78 is 5.73. The summed E-state index contributed by atoms with van der Waals surface area (Å²) in [6, 6.07) is 6.87. The molecular formula is C16H23NO2. The highest BCUT2D eigenvalue weighted by molar-refractivity contribution is 5.42. The molecule has 1 aliphatic heterocycles.